The maximum atomic E-state index is 13.4. The number of benzene rings is 1. The van der Waals surface area contributed by atoms with Crippen LogP contribution in [0.5, 0.6) is 0 Å². The standard InChI is InChI=1S/C12H14F2N2O/c1-8-12(17)16(6-5-15-8)7-9-10(13)3-2-4-11(9)14/h2-4,8,15H,5-7H2,1H3. The first kappa shape index (κ1) is 12.0. The van der Waals surface area contributed by atoms with E-state index < -0.39 is 11.6 Å². The molecule has 1 fully saturated rings. The molecule has 3 nitrogen and oxygen atoms in total. The van der Waals surface area contributed by atoms with Crippen LogP contribution in [0.4, 0.5) is 8.78 Å². The first-order valence-electron chi connectivity index (χ1n) is 5.54. The van der Waals surface area contributed by atoms with Gasteiger partial charge in [0.25, 0.3) is 0 Å². The molecule has 0 aliphatic carbocycles. The summed E-state index contributed by atoms with van der Waals surface area (Å²) in [7, 11) is 0. The van der Waals surface area contributed by atoms with Crippen molar-refractivity contribution in [2.75, 3.05) is 13.1 Å². The third-order valence-corrected chi connectivity index (χ3v) is 2.93. The largest absolute Gasteiger partial charge is 0.336 e. The maximum Gasteiger partial charge on any atom is 0.239 e. The van der Waals surface area contributed by atoms with Gasteiger partial charge in [-0.15, -0.1) is 0 Å². The van der Waals surface area contributed by atoms with Crippen LogP contribution in [0, 0.1) is 11.6 Å². The average Bonchev–Trinajstić information content (AvgIpc) is 2.29. The van der Waals surface area contributed by atoms with Gasteiger partial charge < -0.3 is 10.2 Å². The molecule has 1 aromatic rings. The van der Waals surface area contributed by atoms with E-state index in [0.717, 1.165) is 0 Å². The zero-order chi connectivity index (χ0) is 12.4. The Labute approximate surface area is 98.4 Å². The zero-order valence-electron chi connectivity index (χ0n) is 9.54. The van der Waals surface area contributed by atoms with Gasteiger partial charge in [-0.3, -0.25) is 4.79 Å². The van der Waals surface area contributed by atoms with E-state index in [1.807, 2.05) is 0 Å². The fraction of sp³-hybridized carbons (Fsp3) is 0.417. The predicted molar refractivity (Wildman–Crippen MR) is 59.2 cm³/mol. The Morgan fingerprint density at radius 1 is 1.41 bits per heavy atom. The number of hydrogen-bond acceptors (Lipinski definition) is 2. The molecule has 92 valence electrons. The summed E-state index contributed by atoms with van der Waals surface area (Å²) in [5.74, 6) is -1.34. The smallest absolute Gasteiger partial charge is 0.239 e. The van der Waals surface area contributed by atoms with Crippen molar-refractivity contribution in [1.29, 1.82) is 0 Å². The molecule has 0 radical (unpaired) electrons. The first-order chi connectivity index (χ1) is 8.09. The lowest BCUT2D eigenvalue weighted by Crippen LogP contribution is -2.53. The van der Waals surface area contributed by atoms with Crippen molar-refractivity contribution in [1.82, 2.24) is 10.2 Å². The van der Waals surface area contributed by atoms with Crippen LogP contribution in [0.1, 0.15) is 12.5 Å². The van der Waals surface area contributed by atoms with Crippen LogP contribution >= 0.6 is 0 Å². The normalized spacial score (nSPS) is 20.8. The van der Waals surface area contributed by atoms with Crippen molar-refractivity contribution < 1.29 is 13.6 Å². The van der Waals surface area contributed by atoms with Crippen LogP contribution in [0.25, 0.3) is 0 Å². The molecule has 2 rings (SSSR count). The third kappa shape index (κ3) is 2.44. The lowest BCUT2D eigenvalue weighted by Gasteiger charge is -2.31. The van der Waals surface area contributed by atoms with Crippen LogP contribution in [0.15, 0.2) is 18.2 Å². The van der Waals surface area contributed by atoms with E-state index in [1.54, 1.807) is 6.92 Å². The lowest BCUT2D eigenvalue weighted by atomic mass is 10.1. The minimum Gasteiger partial charge on any atom is -0.336 e. The molecule has 1 N–H and O–H groups in total. The fourth-order valence-electron chi connectivity index (χ4n) is 1.92. The molecule has 1 aliphatic heterocycles. The summed E-state index contributed by atoms with van der Waals surface area (Å²) in [5.41, 5.74) is -0.0463. The van der Waals surface area contributed by atoms with Crippen molar-refractivity contribution in [3.05, 3.63) is 35.4 Å². The highest BCUT2D eigenvalue weighted by Gasteiger charge is 2.26. The van der Waals surface area contributed by atoms with Gasteiger partial charge in [-0.1, -0.05) is 6.07 Å². The van der Waals surface area contributed by atoms with Crippen molar-refractivity contribution in [2.24, 2.45) is 0 Å². The summed E-state index contributed by atoms with van der Waals surface area (Å²) in [6, 6.07) is 3.43. The van der Waals surface area contributed by atoms with Crippen LogP contribution in [0.3, 0.4) is 0 Å². The van der Waals surface area contributed by atoms with Gasteiger partial charge in [-0.25, -0.2) is 8.78 Å². The fourth-order valence-corrected chi connectivity index (χ4v) is 1.92. The minimum absolute atomic E-state index is 0.0106. The molecular formula is C12H14F2N2O. The number of carbonyl (C=O) groups excluding carboxylic acids is 1. The maximum absolute atomic E-state index is 13.4. The Hall–Kier alpha value is -1.49. The van der Waals surface area contributed by atoms with Crippen molar-refractivity contribution in [2.45, 2.75) is 19.5 Å². The quantitative estimate of drug-likeness (QED) is 0.844. The van der Waals surface area contributed by atoms with E-state index in [0.29, 0.717) is 13.1 Å². The molecule has 1 saturated heterocycles. The second-order valence-corrected chi connectivity index (χ2v) is 4.14. The van der Waals surface area contributed by atoms with E-state index in [2.05, 4.69) is 5.32 Å². The summed E-state index contributed by atoms with van der Waals surface area (Å²) >= 11 is 0. The van der Waals surface area contributed by atoms with Gasteiger partial charge in [0.1, 0.15) is 11.6 Å². The SMILES string of the molecule is CC1NCCN(Cc2c(F)cccc2F)C1=O. The van der Waals surface area contributed by atoms with Gasteiger partial charge in [0.2, 0.25) is 5.91 Å². The van der Waals surface area contributed by atoms with Crippen LogP contribution in [-0.4, -0.2) is 29.9 Å². The summed E-state index contributed by atoms with van der Waals surface area (Å²) in [5, 5.41) is 3.00. The van der Waals surface area contributed by atoms with Gasteiger partial charge >= 0.3 is 0 Å². The van der Waals surface area contributed by atoms with Gasteiger partial charge in [-0.2, -0.15) is 0 Å². The highest BCUT2D eigenvalue weighted by Crippen LogP contribution is 2.16. The number of nitrogens with zero attached hydrogens (tertiary/aromatic N) is 1. The Morgan fingerprint density at radius 3 is 2.71 bits per heavy atom. The van der Waals surface area contributed by atoms with E-state index in [-0.39, 0.29) is 24.1 Å². The molecule has 1 aliphatic rings. The third-order valence-electron chi connectivity index (χ3n) is 2.93. The number of rotatable bonds is 2. The lowest BCUT2D eigenvalue weighted by molar-refractivity contribution is -0.135. The predicted octanol–water partition coefficient (Wildman–Crippen LogP) is 1.29. The summed E-state index contributed by atoms with van der Waals surface area (Å²) < 4.78 is 26.9. The molecule has 17 heavy (non-hydrogen) atoms. The molecule has 0 saturated carbocycles. The molecule has 1 atom stereocenters. The van der Waals surface area contributed by atoms with Crippen molar-refractivity contribution >= 4 is 5.91 Å². The Kier molecular flexibility index (Phi) is 3.38. The van der Waals surface area contributed by atoms with Gasteiger partial charge in [0.15, 0.2) is 0 Å². The Balaban J connectivity index is 2.18. The molecule has 1 unspecified atom stereocenters. The van der Waals surface area contributed by atoms with Crippen LogP contribution in [0.2, 0.25) is 0 Å². The van der Waals surface area contributed by atoms with Gasteiger partial charge in [0.05, 0.1) is 12.6 Å². The topological polar surface area (TPSA) is 32.3 Å². The second kappa shape index (κ2) is 4.79. The minimum atomic E-state index is -0.607. The monoisotopic (exact) mass is 240 g/mol. The highest BCUT2D eigenvalue weighted by atomic mass is 19.1. The average molecular weight is 240 g/mol. The van der Waals surface area contributed by atoms with Crippen molar-refractivity contribution in [3.63, 3.8) is 0 Å². The number of nitrogens with one attached hydrogen (secondary N) is 1. The van der Waals surface area contributed by atoms with Gasteiger partial charge in [0, 0.05) is 18.7 Å². The molecule has 1 heterocycles. The van der Waals surface area contributed by atoms with E-state index >= 15 is 0 Å². The van der Waals surface area contributed by atoms with Crippen molar-refractivity contribution in [3.8, 4) is 0 Å². The van der Waals surface area contributed by atoms with Gasteiger partial charge in [-0.05, 0) is 19.1 Å². The van der Waals surface area contributed by atoms with E-state index in [9.17, 15) is 13.6 Å². The summed E-state index contributed by atoms with van der Waals surface area (Å²) in [6.07, 6.45) is 0. The molecule has 1 amide bonds. The Morgan fingerprint density at radius 2 is 2.06 bits per heavy atom. The van der Waals surface area contributed by atoms with Crippen LogP contribution < -0.4 is 5.32 Å². The highest BCUT2D eigenvalue weighted by molar-refractivity contribution is 5.82. The molecule has 0 spiro atoms. The molecule has 0 aromatic heterocycles. The second-order valence-electron chi connectivity index (χ2n) is 4.14. The summed E-state index contributed by atoms with van der Waals surface area (Å²) in [6.45, 7) is 2.84. The molecular weight excluding hydrogens is 226 g/mol. The number of carbonyl (C=O) groups is 1. The number of halogens is 2. The Bertz CT molecular complexity index is 416. The number of amides is 1. The van der Waals surface area contributed by atoms with Crippen LogP contribution in [-0.2, 0) is 11.3 Å². The molecule has 1 aromatic carbocycles. The number of piperazine rings is 1. The number of hydrogen-bond donors (Lipinski definition) is 1. The van der Waals surface area contributed by atoms with E-state index in [1.165, 1.54) is 23.1 Å². The summed E-state index contributed by atoms with van der Waals surface area (Å²) in [4.78, 5) is 13.2. The molecule has 0 bridgehead atoms. The molecule has 5 heteroatoms. The van der Waals surface area contributed by atoms with E-state index in [4.69, 9.17) is 0 Å². The zero-order valence-corrected chi connectivity index (χ0v) is 9.54. The first-order valence-corrected chi connectivity index (χ1v) is 5.54.